The third-order valence-electron chi connectivity index (χ3n) is 1.83. The van der Waals surface area contributed by atoms with E-state index in [4.69, 9.17) is 5.73 Å². The molecule has 0 amide bonds. The molecule has 9 heavy (non-hydrogen) atoms. The summed E-state index contributed by atoms with van der Waals surface area (Å²) in [5, 5.41) is 0. The van der Waals surface area contributed by atoms with Gasteiger partial charge in [0.1, 0.15) is 0 Å². The molecule has 0 aliphatic carbocycles. The molecule has 1 nitrogen and oxygen atoms in total. The molecule has 0 saturated heterocycles. The first kappa shape index (κ1) is 8.70. The van der Waals surface area contributed by atoms with Crippen molar-refractivity contribution in [2.24, 2.45) is 11.7 Å². The number of hydrogen-bond acceptors (Lipinski definition) is 1. The molecular formula is C8H17N. The fourth-order valence-electron chi connectivity index (χ4n) is 0.711. The Kier molecular flexibility index (Phi) is 3.55. The zero-order valence-electron chi connectivity index (χ0n) is 6.65. The fraction of sp³-hybridized carbons (Fsp3) is 0.750. The molecule has 2 N–H and O–H groups in total. The fourth-order valence-corrected chi connectivity index (χ4v) is 0.711. The van der Waals surface area contributed by atoms with E-state index < -0.39 is 0 Å². The van der Waals surface area contributed by atoms with E-state index in [1.165, 1.54) is 0 Å². The van der Waals surface area contributed by atoms with Crippen molar-refractivity contribution in [3.63, 3.8) is 0 Å². The zero-order valence-corrected chi connectivity index (χ0v) is 6.65. The molecule has 0 heterocycles. The van der Waals surface area contributed by atoms with Gasteiger partial charge >= 0.3 is 0 Å². The molecule has 0 aliphatic rings. The summed E-state index contributed by atoms with van der Waals surface area (Å²) in [5.41, 5.74) is 6.78. The quantitative estimate of drug-likeness (QED) is 0.576. The maximum absolute atomic E-state index is 5.61. The van der Waals surface area contributed by atoms with E-state index in [2.05, 4.69) is 20.4 Å². The molecule has 0 bridgehead atoms. The van der Waals surface area contributed by atoms with Gasteiger partial charge in [-0.15, -0.1) is 0 Å². The second-order valence-electron chi connectivity index (χ2n) is 2.67. The summed E-state index contributed by atoms with van der Waals surface area (Å²) in [5.74, 6) is 0.574. The molecule has 0 fully saturated rings. The summed E-state index contributed by atoms with van der Waals surface area (Å²) >= 11 is 0. The van der Waals surface area contributed by atoms with Crippen LogP contribution in [0.4, 0.5) is 0 Å². The Labute approximate surface area is 57.9 Å². The molecule has 54 valence electrons. The van der Waals surface area contributed by atoms with Crippen LogP contribution in [-0.4, -0.2) is 6.04 Å². The SMILES string of the molecule is C=C(C(C)N)C(C)CC. The molecular weight excluding hydrogens is 110 g/mol. The molecule has 0 saturated carbocycles. The van der Waals surface area contributed by atoms with Gasteiger partial charge in [0.25, 0.3) is 0 Å². The van der Waals surface area contributed by atoms with Gasteiger partial charge in [0.15, 0.2) is 0 Å². The van der Waals surface area contributed by atoms with Gasteiger partial charge in [-0.1, -0.05) is 26.0 Å². The predicted molar refractivity (Wildman–Crippen MR) is 42.2 cm³/mol. The zero-order chi connectivity index (χ0) is 7.44. The molecule has 0 aromatic rings. The second kappa shape index (κ2) is 3.67. The van der Waals surface area contributed by atoms with Crippen LogP contribution in [0.25, 0.3) is 0 Å². The summed E-state index contributed by atoms with van der Waals surface area (Å²) in [7, 11) is 0. The maximum atomic E-state index is 5.61. The van der Waals surface area contributed by atoms with Crippen molar-refractivity contribution in [2.45, 2.75) is 33.2 Å². The minimum absolute atomic E-state index is 0.153. The predicted octanol–water partition coefficient (Wildman–Crippen LogP) is 1.94. The molecule has 0 spiro atoms. The van der Waals surface area contributed by atoms with Crippen molar-refractivity contribution in [3.05, 3.63) is 12.2 Å². The Morgan fingerprint density at radius 3 is 2.11 bits per heavy atom. The van der Waals surface area contributed by atoms with Gasteiger partial charge in [-0.05, 0) is 19.3 Å². The third-order valence-corrected chi connectivity index (χ3v) is 1.83. The molecule has 0 radical (unpaired) electrons. The molecule has 0 rings (SSSR count). The highest BCUT2D eigenvalue weighted by Gasteiger charge is 2.06. The average Bonchev–Trinajstić information content (AvgIpc) is 1.84. The van der Waals surface area contributed by atoms with Gasteiger partial charge in [0.2, 0.25) is 0 Å². The van der Waals surface area contributed by atoms with Gasteiger partial charge in [-0.3, -0.25) is 0 Å². The molecule has 0 aromatic carbocycles. The van der Waals surface area contributed by atoms with Crippen LogP contribution >= 0.6 is 0 Å². The average molecular weight is 127 g/mol. The molecule has 2 atom stereocenters. The standard InChI is InChI=1S/C8H17N/c1-5-6(2)7(3)8(4)9/h6,8H,3,5,9H2,1-2,4H3. The first-order valence-corrected chi connectivity index (χ1v) is 3.53. The Hall–Kier alpha value is -0.300. The van der Waals surface area contributed by atoms with Crippen molar-refractivity contribution < 1.29 is 0 Å². The van der Waals surface area contributed by atoms with Crippen molar-refractivity contribution >= 4 is 0 Å². The van der Waals surface area contributed by atoms with Crippen LogP contribution < -0.4 is 5.73 Å². The van der Waals surface area contributed by atoms with Gasteiger partial charge in [-0.25, -0.2) is 0 Å². The summed E-state index contributed by atoms with van der Waals surface area (Å²) in [4.78, 5) is 0. The largest absolute Gasteiger partial charge is 0.324 e. The lowest BCUT2D eigenvalue weighted by molar-refractivity contribution is 0.604. The lowest BCUT2D eigenvalue weighted by Gasteiger charge is -2.15. The van der Waals surface area contributed by atoms with E-state index in [1.54, 1.807) is 0 Å². The van der Waals surface area contributed by atoms with Crippen molar-refractivity contribution in [3.8, 4) is 0 Å². The lowest BCUT2D eigenvalue weighted by Crippen LogP contribution is -2.21. The van der Waals surface area contributed by atoms with Gasteiger partial charge < -0.3 is 5.73 Å². The van der Waals surface area contributed by atoms with Crippen molar-refractivity contribution in [1.29, 1.82) is 0 Å². The molecule has 2 unspecified atom stereocenters. The highest BCUT2D eigenvalue weighted by atomic mass is 14.6. The van der Waals surface area contributed by atoms with Gasteiger partial charge in [0.05, 0.1) is 0 Å². The Bertz CT molecular complexity index is 94.7. The topological polar surface area (TPSA) is 26.0 Å². The second-order valence-corrected chi connectivity index (χ2v) is 2.67. The molecule has 0 aliphatic heterocycles. The van der Waals surface area contributed by atoms with E-state index in [1.807, 2.05) is 6.92 Å². The summed E-state index contributed by atoms with van der Waals surface area (Å²) in [6.07, 6.45) is 1.14. The summed E-state index contributed by atoms with van der Waals surface area (Å²) in [6, 6.07) is 0.153. The first-order valence-electron chi connectivity index (χ1n) is 3.53. The van der Waals surface area contributed by atoms with Crippen LogP contribution in [0.2, 0.25) is 0 Å². The van der Waals surface area contributed by atoms with Crippen molar-refractivity contribution in [2.75, 3.05) is 0 Å². The van der Waals surface area contributed by atoms with E-state index in [0.717, 1.165) is 12.0 Å². The highest BCUT2D eigenvalue weighted by molar-refractivity contribution is 5.05. The molecule has 0 aromatic heterocycles. The molecule has 1 heteroatoms. The van der Waals surface area contributed by atoms with E-state index >= 15 is 0 Å². The van der Waals surface area contributed by atoms with E-state index in [9.17, 15) is 0 Å². The highest BCUT2D eigenvalue weighted by Crippen LogP contribution is 2.13. The van der Waals surface area contributed by atoms with Crippen LogP contribution in [0.1, 0.15) is 27.2 Å². The van der Waals surface area contributed by atoms with Crippen LogP contribution in [-0.2, 0) is 0 Å². The minimum Gasteiger partial charge on any atom is -0.324 e. The van der Waals surface area contributed by atoms with E-state index in [-0.39, 0.29) is 6.04 Å². The van der Waals surface area contributed by atoms with Crippen LogP contribution in [0.5, 0.6) is 0 Å². The Morgan fingerprint density at radius 2 is 2.00 bits per heavy atom. The van der Waals surface area contributed by atoms with Crippen LogP contribution in [0.15, 0.2) is 12.2 Å². The smallest absolute Gasteiger partial charge is 0.0224 e. The van der Waals surface area contributed by atoms with Crippen LogP contribution in [0.3, 0.4) is 0 Å². The van der Waals surface area contributed by atoms with Crippen molar-refractivity contribution in [1.82, 2.24) is 0 Å². The van der Waals surface area contributed by atoms with Crippen LogP contribution in [0, 0.1) is 5.92 Å². The Morgan fingerprint density at radius 1 is 1.56 bits per heavy atom. The third kappa shape index (κ3) is 2.66. The summed E-state index contributed by atoms with van der Waals surface area (Å²) < 4.78 is 0. The van der Waals surface area contributed by atoms with Gasteiger partial charge in [0, 0.05) is 6.04 Å². The number of rotatable bonds is 3. The first-order chi connectivity index (χ1) is 4.09. The number of nitrogens with two attached hydrogens (primary N) is 1. The monoisotopic (exact) mass is 127 g/mol. The Balaban J connectivity index is 3.73. The summed E-state index contributed by atoms with van der Waals surface area (Å²) in [6.45, 7) is 10.2. The minimum atomic E-state index is 0.153. The maximum Gasteiger partial charge on any atom is 0.0224 e. The number of hydrogen-bond donors (Lipinski definition) is 1. The van der Waals surface area contributed by atoms with Gasteiger partial charge in [-0.2, -0.15) is 0 Å². The van der Waals surface area contributed by atoms with E-state index in [0.29, 0.717) is 5.92 Å². The normalized spacial score (nSPS) is 16.9. The lowest BCUT2D eigenvalue weighted by atomic mass is 9.95.